The SMILES string of the molecule is COCCc1nc(C2CCCN(C(=O)c3ccc4cc[nH]c4c3)C2)n[nH]1. The molecule has 1 aliphatic heterocycles. The summed E-state index contributed by atoms with van der Waals surface area (Å²) in [5.41, 5.74) is 1.71. The maximum atomic E-state index is 12.9. The highest BCUT2D eigenvalue weighted by atomic mass is 16.5. The van der Waals surface area contributed by atoms with Crippen LogP contribution in [0.1, 0.15) is 40.8 Å². The van der Waals surface area contributed by atoms with Gasteiger partial charge in [-0.2, -0.15) is 5.10 Å². The maximum absolute atomic E-state index is 12.9. The van der Waals surface area contributed by atoms with Gasteiger partial charge in [-0.05, 0) is 36.4 Å². The first kappa shape index (κ1) is 16.8. The standard InChI is InChI=1S/C19H23N5O2/c1-26-10-7-17-21-18(23-22-17)15-3-2-9-24(12-15)19(25)14-5-4-13-6-8-20-16(13)11-14/h4-6,8,11,15,20H,2-3,7,9-10,12H2,1H3,(H,21,22,23). The molecule has 7 heteroatoms. The number of likely N-dealkylation sites (tertiary alicyclic amines) is 1. The first-order chi connectivity index (χ1) is 12.7. The van der Waals surface area contributed by atoms with E-state index in [1.54, 1.807) is 7.11 Å². The van der Waals surface area contributed by atoms with Crippen molar-refractivity contribution in [2.24, 2.45) is 0 Å². The summed E-state index contributed by atoms with van der Waals surface area (Å²) in [5, 5.41) is 8.45. The minimum absolute atomic E-state index is 0.0707. The second-order valence-corrected chi connectivity index (χ2v) is 6.75. The van der Waals surface area contributed by atoms with Gasteiger partial charge in [-0.25, -0.2) is 4.98 Å². The number of methoxy groups -OCH3 is 1. The first-order valence-corrected chi connectivity index (χ1v) is 9.01. The van der Waals surface area contributed by atoms with Crippen LogP contribution in [0.2, 0.25) is 0 Å². The molecule has 3 aromatic rings. The van der Waals surface area contributed by atoms with Crippen LogP contribution < -0.4 is 0 Å². The molecule has 3 heterocycles. The van der Waals surface area contributed by atoms with Gasteiger partial charge < -0.3 is 14.6 Å². The third kappa shape index (κ3) is 3.35. The summed E-state index contributed by atoms with van der Waals surface area (Å²) in [5.74, 6) is 1.88. The number of aromatic amines is 2. The van der Waals surface area contributed by atoms with Gasteiger partial charge >= 0.3 is 0 Å². The zero-order valence-corrected chi connectivity index (χ0v) is 14.9. The summed E-state index contributed by atoms with van der Waals surface area (Å²) in [6.45, 7) is 2.05. The van der Waals surface area contributed by atoms with Gasteiger partial charge in [0.15, 0.2) is 5.82 Å². The predicted octanol–water partition coefficient (Wildman–Crippen LogP) is 2.49. The van der Waals surface area contributed by atoms with E-state index in [-0.39, 0.29) is 11.8 Å². The molecule has 7 nitrogen and oxygen atoms in total. The number of carbonyl (C=O) groups excluding carboxylic acids is 1. The molecule has 0 aliphatic carbocycles. The van der Waals surface area contributed by atoms with Crippen LogP contribution in [-0.2, 0) is 11.2 Å². The van der Waals surface area contributed by atoms with Gasteiger partial charge in [0.2, 0.25) is 0 Å². The Morgan fingerprint density at radius 2 is 2.31 bits per heavy atom. The van der Waals surface area contributed by atoms with Gasteiger partial charge in [0.25, 0.3) is 5.91 Å². The highest BCUT2D eigenvalue weighted by molar-refractivity contribution is 5.98. The zero-order valence-electron chi connectivity index (χ0n) is 14.9. The van der Waals surface area contributed by atoms with Gasteiger partial charge in [0.1, 0.15) is 5.82 Å². The van der Waals surface area contributed by atoms with Crippen molar-refractivity contribution in [1.29, 1.82) is 0 Å². The summed E-state index contributed by atoms with van der Waals surface area (Å²) in [4.78, 5) is 22.6. The number of nitrogens with zero attached hydrogens (tertiary/aromatic N) is 3. The average Bonchev–Trinajstić information content (AvgIpc) is 3.34. The first-order valence-electron chi connectivity index (χ1n) is 9.01. The maximum Gasteiger partial charge on any atom is 0.253 e. The number of hydrogen-bond donors (Lipinski definition) is 2. The lowest BCUT2D eigenvalue weighted by Crippen LogP contribution is -2.39. The molecular weight excluding hydrogens is 330 g/mol. The van der Waals surface area contributed by atoms with Crippen LogP contribution in [0.25, 0.3) is 10.9 Å². The number of amides is 1. The molecule has 2 aromatic heterocycles. The molecule has 1 unspecified atom stereocenters. The van der Waals surface area contributed by atoms with E-state index in [9.17, 15) is 4.79 Å². The third-order valence-electron chi connectivity index (χ3n) is 4.97. The van der Waals surface area contributed by atoms with Crippen molar-refractivity contribution in [1.82, 2.24) is 25.1 Å². The largest absolute Gasteiger partial charge is 0.384 e. The third-order valence-corrected chi connectivity index (χ3v) is 4.97. The molecule has 4 rings (SSSR count). The van der Waals surface area contributed by atoms with E-state index in [1.165, 1.54) is 0 Å². The van der Waals surface area contributed by atoms with Crippen molar-refractivity contribution in [2.45, 2.75) is 25.2 Å². The monoisotopic (exact) mass is 353 g/mol. The molecule has 1 atom stereocenters. The Morgan fingerprint density at radius 1 is 1.38 bits per heavy atom. The normalized spacial score (nSPS) is 17.7. The van der Waals surface area contributed by atoms with E-state index < -0.39 is 0 Å². The fraction of sp³-hybridized carbons (Fsp3) is 0.421. The van der Waals surface area contributed by atoms with Crippen molar-refractivity contribution < 1.29 is 9.53 Å². The van der Waals surface area contributed by atoms with Crippen molar-refractivity contribution in [3.05, 3.63) is 47.7 Å². The van der Waals surface area contributed by atoms with Crippen LogP contribution in [0.15, 0.2) is 30.5 Å². The minimum Gasteiger partial charge on any atom is -0.384 e. The lowest BCUT2D eigenvalue weighted by Gasteiger charge is -2.31. The number of fused-ring (bicyclic) bond motifs is 1. The Labute approximate surface area is 151 Å². The van der Waals surface area contributed by atoms with Gasteiger partial charge in [-0.1, -0.05) is 6.07 Å². The highest BCUT2D eigenvalue weighted by Crippen LogP contribution is 2.26. The van der Waals surface area contributed by atoms with Gasteiger partial charge in [0.05, 0.1) is 6.61 Å². The van der Waals surface area contributed by atoms with E-state index in [0.29, 0.717) is 13.2 Å². The molecular formula is C19H23N5O2. The number of aromatic nitrogens is 4. The Morgan fingerprint density at radius 3 is 3.19 bits per heavy atom. The number of hydrogen-bond acceptors (Lipinski definition) is 4. The molecule has 1 amide bonds. The van der Waals surface area contributed by atoms with Gasteiger partial charge in [-0.3, -0.25) is 9.89 Å². The number of ether oxygens (including phenoxy) is 1. The highest BCUT2D eigenvalue weighted by Gasteiger charge is 2.28. The van der Waals surface area contributed by atoms with E-state index in [1.807, 2.05) is 35.4 Å². The molecule has 1 fully saturated rings. The molecule has 0 bridgehead atoms. The van der Waals surface area contributed by atoms with Crippen LogP contribution in [0, 0.1) is 0 Å². The smallest absolute Gasteiger partial charge is 0.253 e. The quantitative estimate of drug-likeness (QED) is 0.738. The molecule has 2 N–H and O–H groups in total. The molecule has 26 heavy (non-hydrogen) atoms. The fourth-order valence-corrected chi connectivity index (χ4v) is 3.54. The molecule has 1 saturated heterocycles. The van der Waals surface area contributed by atoms with Crippen LogP contribution in [0.4, 0.5) is 0 Å². The second kappa shape index (κ2) is 7.29. The number of rotatable bonds is 5. The molecule has 1 aliphatic rings. The molecule has 1 aromatic carbocycles. The summed E-state index contributed by atoms with van der Waals surface area (Å²) >= 11 is 0. The predicted molar refractivity (Wildman–Crippen MR) is 98.1 cm³/mol. The molecule has 0 saturated carbocycles. The van der Waals surface area contributed by atoms with Crippen LogP contribution >= 0.6 is 0 Å². The van der Waals surface area contributed by atoms with E-state index in [2.05, 4.69) is 20.2 Å². The van der Waals surface area contributed by atoms with Crippen molar-refractivity contribution in [3.63, 3.8) is 0 Å². The minimum atomic E-state index is 0.0707. The van der Waals surface area contributed by atoms with Gasteiger partial charge in [0, 0.05) is 49.8 Å². The number of H-pyrrole nitrogens is 2. The van der Waals surface area contributed by atoms with E-state index >= 15 is 0 Å². The lowest BCUT2D eigenvalue weighted by molar-refractivity contribution is 0.0705. The zero-order chi connectivity index (χ0) is 17.9. The van der Waals surface area contributed by atoms with Crippen LogP contribution in [-0.4, -0.2) is 57.8 Å². The molecule has 0 spiro atoms. The van der Waals surface area contributed by atoms with Crippen LogP contribution in [0.3, 0.4) is 0 Å². The summed E-state index contributed by atoms with van der Waals surface area (Å²) < 4.78 is 5.08. The van der Waals surface area contributed by atoms with E-state index in [0.717, 1.165) is 53.9 Å². The van der Waals surface area contributed by atoms with Gasteiger partial charge in [-0.15, -0.1) is 0 Å². The Kier molecular flexibility index (Phi) is 4.71. The van der Waals surface area contributed by atoms with Crippen LogP contribution in [0.5, 0.6) is 0 Å². The Hall–Kier alpha value is -2.67. The fourth-order valence-electron chi connectivity index (χ4n) is 3.54. The Bertz CT molecular complexity index is 900. The second-order valence-electron chi connectivity index (χ2n) is 6.75. The lowest BCUT2D eigenvalue weighted by atomic mass is 9.96. The summed E-state index contributed by atoms with van der Waals surface area (Å²) in [7, 11) is 1.67. The number of benzene rings is 1. The number of piperidine rings is 1. The average molecular weight is 353 g/mol. The number of carbonyl (C=O) groups is 1. The van der Waals surface area contributed by atoms with E-state index in [4.69, 9.17) is 4.74 Å². The molecule has 136 valence electrons. The van der Waals surface area contributed by atoms with Crippen molar-refractivity contribution >= 4 is 16.8 Å². The number of nitrogens with one attached hydrogen (secondary N) is 2. The summed E-state index contributed by atoms with van der Waals surface area (Å²) in [6.07, 6.45) is 4.57. The topological polar surface area (TPSA) is 86.9 Å². The van der Waals surface area contributed by atoms with Crippen molar-refractivity contribution in [3.8, 4) is 0 Å². The Balaban J connectivity index is 1.47. The summed E-state index contributed by atoms with van der Waals surface area (Å²) in [6, 6.07) is 7.82. The molecule has 0 radical (unpaired) electrons. The van der Waals surface area contributed by atoms with Crippen molar-refractivity contribution in [2.75, 3.05) is 26.8 Å².